The molecule has 2 aromatic rings. The van der Waals surface area contributed by atoms with E-state index in [4.69, 9.17) is 10.2 Å². The average Bonchev–Trinajstić information content (AvgIpc) is 2.79. The van der Waals surface area contributed by atoms with E-state index in [0.717, 1.165) is 36.7 Å². The Morgan fingerprint density at radius 1 is 1.16 bits per heavy atom. The highest BCUT2D eigenvalue weighted by atomic mass is 16.3. The molecule has 0 unspecified atom stereocenters. The smallest absolute Gasteiger partial charge is 0.118 e. The van der Waals surface area contributed by atoms with Crippen LogP contribution in [-0.2, 0) is 19.6 Å². The van der Waals surface area contributed by atoms with Gasteiger partial charge in [-0.1, -0.05) is 37.3 Å². The summed E-state index contributed by atoms with van der Waals surface area (Å²) in [5.41, 5.74) is 8.11. The monoisotopic (exact) mass is 258 g/mol. The number of nitrogens with two attached hydrogens (primary N) is 1. The Bertz CT molecular complexity index is 505. The SMILES string of the molecule is CCN(Cc1ccccc1)Cc1cc(CN)c(C)o1. The quantitative estimate of drug-likeness (QED) is 0.866. The maximum Gasteiger partial charge on any atom is 0.118 e. The normalized spacial score (nSPS) is 11.2. The lowest BCUT2D eigenvalue weighted by Crippen LogP contribution is -2.21. The third kappa shape index (κ3) is 3.69. The number of nitrogens with zero attached hydrogens (tertiary/aromatic N) is 1. The van der Waals surface area contributed by atoms with Crippen molar-refractivity contribution >= 4 is 0 Å². The molecule has 102 valence electrons. The number of aryl methyl sites for hydroxylation is 1. The van der Waals surface area contributed by atoms with Gasteiger partial charge in [-0.2, -0.15) is 0 Å². The number of rotatable bonds is 6. The van der Waals surface area contributed by atoms with Crippen LogP contribution in [0.25, 0.3) is 0 Å². The minimum absolute atomic E-state index is 0.542. The first-order valence-electron chi connectivity index (χ1n) is 6.77. The number of benzene rings is 1. The topological polar surface area (TPSA) is 42.4 Å². The van der Waals surface area contributed by atoms with E-state index in [0.29, 0.717) is 6.54 Å². The Labute approximate surface area is 115 Å². The van der Waals surface area contributed by atoms with Crippen molar-refractivity contribution in [2.45, 2.75) is 33.5 Å². The summed E-state index contributed by atoms with van der Waals surface area (Å²) in [6.07, 6.45) is 0. The summed E-state index contributed by atoms with van der Waals surface area (Å²) in [7, 11) is 0. The van der Waals surface area contributed by atoms with Crippen LogP contribution >= 0.6 is 0 Å². The van der Waals surface area contributed by atoms with Crippen LogP contribution in [-0.4, -0.2) is 11.4 Å². The predicted octanol–water partition coefficient (Wildman–Crippen LogP) is 3.07. The van der Waals surface area contributed by atoms with Gasteiger partial charge in [0.2, 0.25) is 0 Å². The van der Waals surface area contributed by atoms with E-state index in [9.17, 15) is 0 Å². The summed E-state index contributed by atoms with van der Waals surface area (Å²) < 4.78 is 5.75. The second-order valence-electron chi connectivity index (χ2n) is 4.79. The van der Waals surface area contributed by atoms with Crippen molar-refractivity contribution in [3.63, 3.8) is 0 Å². The van der Waals surface area contributed by atoms with Gasteiger partial charge in [-0.15, -0.1) is 0 Å². The zero-order valence-electron chi connectivity index (χ0n) is 11.7. The van der Waals surface area contributed by atoms with Crippen molar-refractivity contribution < 1.29 is 4.42 Å². The summed E-state index contributed by atoms with van der Waals surface area (Å²) in [5, 5.41) is 0. The van der Waals surface area contributed by atoms with Gasteiger partial charge in [0.15, 0.2) is 0 Å². The van der Waals surface area contributed by atoms with E-state index >= 15 is 0 Å². The van der Waals surface area contributed by atoms with Crippen molar-refractivity contribution in [3.05, 3.63) is 59.0 Å². The van der Waals surface area contributed by atoms with E-state index in [1.807, 2.05) is 13.0 Å². The summed E-state index contributed by atoms with van der Waals surface area (Å²) in [5.74, 6) is 1.93. The van der Waals surface area contributed by atoms with E-state index in [-0.39, 0.29) is 0 Å². The van der Waals surface area contributed by atoms with Gasteiger partial charge in [0.1, 0.15) is 11.5 Å². The highest BCUT2D eigenvalue weighted by Gasteiger charge is 2.10. The molecule has 0 saturated carbocycles. The highest BCUT2D eigenvalue weighted by molar-refractivity contribution is 5.20. The first kappa shape index (κ1) is 13.8. The van der Waals surface area contributed by atoms with E-state index in [1.54, 1.807) is 0 Å². The van der Waals surface area contributed by atoms with Crippen molar-refractivity contribution in [1.82, 2.24) is 4.90 Å². The summed E-state index contributed by atoms with van der Waals surface area (Å²) in [6, 6.07) is 12.6. The largest absolute Gasteiger partial charge is 0.465 e. The van der Waals surface area contributed by atoms with E-state index < -0.39 is 0 Å². The number of hydrogen-bond donors (Lipinski definition) is 1. The van der Waals surface area contributed by atoms with Crippen LogP contribution in [0.1, 0.15) is 29.6 Å². The fraction of sp³-hybridized carbons (Fsp3) is 0.375. The molecule has 3 heteroatoms. The van der Waals surface area contributed by atoms with E-state index in [1.165, 1.54) is 5.56 Å². The molecule has 1 aromatic heterocycles. The molecule has 0 atom stereocenters. The lowest BCUT2D eigenvalue weighted by atomic mass is 10.2. The van der Waals surface area contributed by atoms with Gasteiger partial charge in [-0.05, 0) is 25.1 Å². The molecule has 2 rings (SSSR count). The third-order valence-corrected chi connectivity index (χ3v) is 3.37. The predicted molar refractivity (Wildman–Crippen MR) is 77.6 cm³/mol. The van der Waals surface area contributed by atoms with Gasteiger partial charge >= 0.3 is 0 Å². The zero-order valence-corrected chi connectivity index (χ0v) is 11.7. The van der Waals surface area contributed by atoms with Crippen molar-refractivity contribution in [1.29, 1.82) is 0 Å². The second-order valence-corrected chi connectivity index (χ2v) is 4.79. The molecule has 19 heavy (non-hydrogen) atoms. The Hall–Kier alpha value is -1.58. The van der Waals surface area contributed by atoms with Crippen LogP contribution in [0.4, 0.5) is 0 Å². The summed E-state index contributed by atoms with van der Waals surface area (Å²) in [4.78, 5) is 2.36. The Morgan fingerprint density at radius 3 is 2.47 bits per heavy atom. The lowest BCUT2D eigenvalue weighted by molar-refractivity contribution is 0.246. The van der Waals surface area contributed by atoms with Gasteiger partial charge in [-0.3, -0.25) is 4.90 Å². The lowest BCUT2D eigenvalue weighted by Gasteiger charge is -2.19. The van der Waals surface area contributed by atoms with Crippen LogP contribution in [0.3, 0.4) is 0 Å². The summed E-state index contributed by atoms with van der Waals surface area (Å²) >= 11 is 0. The molecular formula is C16H22N2O. The molecule has 0 aliphatic heterocycles. The van der Waals surface area contributed by atoms with Crippen molar-refractivity contribution in [2.75, 3.05) is 6.54 Å². The second kappa shape index (κ2) is 6.55. The Kier molecular flexibility index (Phi) is 4.77. The molecule has 1 heterocycles. The molecule has 1 aromatic carbocycles. The molecule has 0 fully saturated rings. The molecule has 0 radical (unpaired) electrons. The highest BCUT2D eigenvalue weighted by Crippen LogP contribution is 2.17. The van der Waals surface area contributed by atoms with Gasteiger partial charge in [-0.25, -0.2) is 0 Å². The first-order valence-corrected chi connectivity index (χ1v) is 6.77. The average molecular weight is 258 g/mol. The Balaban J connectivity index is 2.02. The molecule has 0 spiro atoms. The van der Waals surface area contributed by atoms with Crippen molar-refractivity contribution in [2.24, 2.45) is 5.73 Å². The fourth-order valence-electron chi connectivity index (χ4n) is 2.21. The maximum atomic E-state index is 5.75. The maximum absolute atomic E-state index is 5.75. The molecule has 0 saturated heterocycles. The molecule has 0 aliphatic rings. The number of furan rings is 1. The molecule has 0 bridgehead atoms. The Morgan fingerprint density at radius 2 is 1.89 bits per heavy atom. The molecule has 3 nitrogen and oxygen atoms in total. The van der Waals surface area contributed by atoms with Crippen LogP contribution in [0.5, 0.6) is 0 Å². The number of hydrogen-bond acceptors (Lipinski definition) is 3. The van der Waals surface area contributed by atoms with Gasteiger partial charge < -0.3 is 10.2 Å². The zero-order chi connectivity index (χ0) is 13.7. The minimum Gasteiger partial charge on any atom is -0.465 e. The standard InChI is InChI=1S/C16H22N2O/c1-3-18(11-14-7-5-4-6-8-14)12-16-9-15(10-17)13(2)19-16/h4-9H,3,10-12,17H2,1-2H3. The molecule has 2 N–H and O–H groups in total. The molecular weight excluding hydrogens is 236 g/mol. The van der Waals surface area contributed by atoms with Crippen LogP contribution < -0.4 is 5.73 Å². The molecule has 0 aliphatic carbocycles. The van der Waals surface area contributed by atoms with Gasteiger partial charge in [0, 0.05) is 18.7 Å². The van der Waals surface area contributed by atoms with Gasteiger partial charge in [0.25, 0.3) is 0 Å². The summed E-state index contributed by atoms with van der Waals surface area (Å²) in [6.45, 7) is 7.44. The minimum atomic E-state index is 0.542. The fourth-order valence-corrected chi connectivity index (χ4v) is 2.21. The first-order chi connectivity index (χ1) is 9.22. The van der Waals surface area contributed by atoms with Crippen LogP contribution in [0.15, 0.2) is 40.8 Å². The van der Waals surface area contributed by atoms with Crippen LogP contribution in [0.2, 0.25) is 0 Å². The molecule has 0 amide bonds. The van der Waals surface area contributed by atoms with Gasteiger partial charge in [0.05, 0.1) is 6.54 Å². The van der Waals surface area contributed by atoms with Crippen molar-refractivity contribution in [3.8, 4) is 0 Å². The third-order valence-electron chi connectivity index (χ3n) is 3.37. The van der Waals surface area contributed by atoms with E-state index in [2.05, 4.69) is 42.2 Å². The van der Waals surface area contributed by atoms with Crippen LogP contribution in [0, 0.1) is 6.92 Å².